The zero-order valence-electron chi connectivity index (χ0n) is 15.6. The summed E-state index contributed by atoms with van der Waals surface area (Å²) in [6.07, 6.45) is 4.13. The molecule has 1 saturated heterocycles. The molecule has 1 aliphatic rings. The van der Waals surface area contributed by atoms with Gasteiger partial charge in [0.15, 0.2) is 0 Å². The first kappa shape index (κ1) is 19.5. The van der Waals surface area contributed by atoms with Crippen molar-refractivity contribution in [3.63, 3.8) is 0 Å². The van der Waals surface area contributed by atoms with Crippen LogP contribution in [0.25, 0.3) is 10.8 Å². The van der Waals surface area contributed by atoms with Gasteiger partial charge in [0, 0.05) is 53.3 Å². The fourth-order valence-corrected chi connectivity index (χ4v) is 6.02. The normalized spacial score (nSPS) is 18.0. The predicted molar refractivity (Wildman–Crippen MR) is 115 cm³/mol. The van der Waals surface area contributed by atoms with E-state index in [0.717, 1.165) is 18.4 Å². The number of aryl methyl sites for hydroxylation is 1. The lowest BCUT2D eigenvalue weighted by atomic mass is 10.1. The largest absolute Gasteiger partial charge is 0.309 e. The molecule has 146 valence electrons. The van der Waals surface area contributed by atoms with E-state index in [1.807, 2.05) is 6.07 Å². The first-order valence-electron chi connectivity index (χ1n) is 9.26. The third-order valence-corrected chi connectivity index (χ3v) is 7.69. The van der Waals surface area contributed by atoms with Crippen LogP contribution < -0.4 is 5.32 Å². The summed E-state index contributed by atoms with van der Waals surface area (Å²) in [5.41, 5.74) is 2.44. The Labute approximate surface area is 174 Å². The van der Waals surface area contributed by atoms with E-state index < -0.39 is 10.0 Å². The third kappa shape index (κ3) is 3.85. The zero-order valence-corrected chi connectivity index (χ0v) is 18.0. The number of hydrogen-bond donors (Lipinski definition) is 1. The van der Waals surface area contributed by atoms with Gasteiger partial charge < -0.3 is 5.32 Å². The fourth-order valence-electron chi connectivity index (χ4n) is 3.59. The van der Waals surface area contributed by atoms with Crippen LogP contribution in [0.15, 0.2) is 64.2 Å². The standard InChI is InChI=1S/C21H22BrN3O2S/c1-15-5-7-16(8-6-15)11-24-18-9-10-25(14-18)28(26,27)20-4-2-3-17-12-23-13-19(22)21(17)20/h2-8,12-13,18,24H,9-11,14H2,1H3. The van der Waals surface area contributed by atoms with E-state index in [1.54, 1.807) is 28.8 Å². The Kier molecular flexibility index (Phi) is 5.51. The summed E-state index contributed by atoms with van der Waals surface area (Å²) in [6, 6.07) is 13.9. The van der Waals surface area contributed by atoms with E-state index >= 15 is 0 Å². The smallest absolute Gasteiger partial charge is 0.243 e. The highest BCUT2D eigenvalue weighted by Gasteiger charge is 2.33. The molecule has 1 atom stereocenters. The molecule has 0 saturated carbocycles. The average molecular weight is 460 g/mol. The lowest BCUT2D eigenvalue weighted by molar-refractivity contribution is 0.457. The van der Waals surface area contributed by atoms with Gasteiger partial charge in [-0.15, -0.1) is 0 Å². The molecular weight excluding hydrogens is 438 g/mol. The lowest BCUT2D eigenvalue weighted by Gasteiger charge is -2.19. The van der Waals surface area contributed by atoms with Gasteiger partial charge >= 0.3 is 0 Å². The van der Waals surface area contributed by atoms with Crippen LogP contribution in [-0.4, -0.2) is 36.8 Å². The SMILES string of the molecule is Cc1ccc(CNC2CCN(S(=O)(=O)c3cccc4cncc(Br)c34)C2)cc1. The summed E-state index contributed by atoms with van der Waals surface area (Å²) in [5, 5.41) is 4.99. The second kappa shape index (κ2) is 7.91. The molecule has 4 rings (SSSR count). The summed E-state index contributed by atoms with van der Waals surface area (Å²) >= 11 is 3.46. The molecule has 28 heavy (non-hydrogen) atoms. The number of hydrogen-bond acceptors (Lipinski definition) is 4. The van der Waals surface area contributed by atoms with Crippen LogP contribution >= 0.6 is 15.9 Å². The summed E-state index contributed by atoms with van der Waals surface area (Å²) in [4.78, 5) is 4.47. The van der Waals surface area contributed by atoms with Crippen molar-refractivity contribution < 1.29 is 8.42 Å². The molecule has 1 fully saturated rings. The van der Waals surface area contributed by atoms with Crippen LogP contribution in [0.2, 0.25) is 0 Å². The Bertz CT molecular complexity index is 1100. The maximum Gasteiger partial charge on any atom is 0.243 e. The van der Waals surface area contributed by atoms with Gasteiger partial charge in [-0.2, -0.15) is 4.31 Å². The molecule has 1 aliphatic heterocycles. The number of benzene rings is 2. The van der Waals surface area contributed by atoms with Crippen molar-refractivity contribution in [2.45, 2.75) is 30.8 Å². The number of nitrogens with one attached hydrogen (secondary N) is 1. The van der Waals surface area contributed by atoms with Crippen molar-refractivity contribution in [1.29, 1.82) is 0 Å². The van der Waals surface area contributed by atoms with Gasteiger partial charge in [-0.05, 0) is 40.9 Å². The van der Waals surface area contributed by atoms with Gasteiger partial charge in [0.25, 0.3) is 0 Å². The molecule has 2 heterocycles. The van der Waals surface area contributed by atoms with Crippen LogP contribution in [0.5, 0.6) is 0 Å². The Hall–Kier alpha value is -1.80. The molecule has 0 radical (unpaired) electrons. The highest BCUT2D eigenvalue weighted by molar-refractivity contribution is 9.10. The van der Waals surface area contributed by atoms with Gasteiger partial charge in [0.2, 0.25) is 10.0 Å². The van der Waals surface area contributed by atoms with Gasteiger partial charge in [-0.1, -0.05) is 42.0 Å². The molecule has 0 bridgehead atoms. The highest BCUT2D eigenvalue weighted by Crippen LogP contribution is 2.32. The van der Waals surface area contributed by atoms with Gasteiger partial charge in [0.1, 0.15) is 0 Å². The Morgan fingerprint density at radius 3 is 2.75 bits per heavy atom. The van der Waals surface area contributed by atoms with E-state index in [2.05, 4.69) is 57.4 Å². The second-order valence-corrected chi connectivity index (χ2v) is 9.95. The first-order valence-corrected chi connectivity index (χ1v) is 11.5. The molecule has 0 amide bonds. The fraction of sp³-hybridized carbons (Fsp3) is 0.286. The van der Waals surface area contributed by atoms with E-state index in [0.29, 0.717) is 27.8 Å². The van der Waals surface area contributed by atoms with Crippen molar-refractivity contribution in [3.8, 4) is 0 Å². The summed E-state index contributed by atoms with van der Waals surface area (Å²) in [6.45, 7) is 3.81. The number of rotatable bonds is 5. The average Bonchev–Trinajstić information content (AvgIpc) is 3.17. The number of halogens is 1. The predicted octanol–water partition coefficient (Wildman–Crippen LogP) is 3.86. The molecule has 1 N–H and O–H groups in total. The van der Waals surface area contributed by atoms with Crippen molar-refractivity contribution in [2.75, 3.05) is 13.1 Å². The Morgan fingerprint density at radius 1 is 1.18 bits per heavy atom. The van der Waals surface area contributed by atoms with Crippen LogP contribution in [-0.2, 0) is 16.6 Å². The molecule has 5 nitrogen and oxygen atoms in total. The van der Waals surface area contributed by atoms with Crippen molar-refractivity contribution in [2.24, 2.45) is 0 Å². The number of pyridine rings is 1. The van der Waals surface area contributed by atoms with Crippen molar-refractivity contribution in [3.05, 3.63) is 70.5 Å². The maximum absolute atomic E-state index is 13.3. The quantitative estimate of drug-likeness (QED) is 0.628. The molecule has 2 aromatic carbocycles. The topological polar surface area (TPSA) is 62.3 Å². The number of fused-ring (bicyclic) bond motifs is 1. The van der Waals surface area contributed by atoms with Crippen molar-refractivity contribution >= 4 is 36.7 Å². The molecule has 7 heteroatoms. The summed E-state index contributed by atoms with van der Waals surface area (Å²) in [5.74, 6) is 0. The maximum atomic E-state index is 13.3. The molecule has 1 aromatic heterocycles. The monoisotopic (exact) mass is 459 g/mol. The van der Waals surface area contributed by atoms with E-state index in [9.17, 15) is 8.42 Å². The first-order chi connectivity index (χ1) is 13.4. The highest BCUT2D eigenvalue weighted by atomic mass is 79.9. The van der Waals surface area contributed by atoms with E-state index in [4.69, 9.17) is 0 Å². The van der Waals surface area contributed by atoms with Crippen LogP contribution in [0, 0.1) is 6.92 Å². The van der Waals surface area contributed by atoms with Crippen LogP contribution in [0.3, 0.4) is 0 Å². The molecular formula is C21H22BrN3O2S. The Morgan fingerprint density at radius 2 is 1.96 bits per heavy atom. The van der Waals surface area contributed by atoms with Crippen molar-refractivity contribution in [1.82, 2.24) is 14.6 Å². The third-order valence-electron chi connectivity index (χ3n) is 5.18. The summed E-state index contributed by atoms with van der Waals surface area (Å²) < 4.78 is 28.9. The van der Waals surface area contributed by atoms with Crippen LogP contribution in [0.4, 0.5) is 0 Å². The minimum atomic E-state index is -3.57. The lowest BCUT2D eigenvalue weighted by Crippen LogP contribution is -2.35. The van der Waals surface area contributed by atoms with Crippen LogP contribution in [0.1, 0.15) is 17.5 Å². The number of sulfonamides is 1. The van der Waals surface area contributed by atoms with E-state index in [-0.39, 0.29) is 6.04 Å². The number of aromatic nitrogens is 1. The minimum absolute atomic E-state index is 0.149. The van der Waals surface area contributed by atoms with Gasteiger partial charge in [-0.3, -0.25) is 4.98 Å². The molecule has 1 unspecified atom stereocenters. The molecule has 3 aromatic rings. The Balaban J connectivity index is 1.51. The molecule has 0 spiro atoms. The van der Waals surface area contributed by atoms with E-state index in [1.165, 1.54) is 11.1 Å². The molecule has 0 aliphatic carbocycles. The zero-order chi connectivity index (χ0) is 19.7. The van der Waals surface area contributed by atoms with Gasteiger partial charge in [0.05, 0.1) is 4.90 Å². The second-order valence-electron chi connectivity index (χ2n) is 7.19. The summed E-state index contributed by atoms with van der Waals surface area (Å²) in [7, 11) is -3.57. The number of nitrogens with zero attached hydrogens (tertiary/aromatic N) is 2. The van der Waals surface area contributed by atoms with Gasteiger partial charge in [-0.25, -0.2) is 8.42 Å². The minimum Gasteiger partial charge on any atom is -0.309 e.